The minimum atomic E-state index is -3.67. The summed E-state index contributed by atoms with van der Waals surface area (Å²) in [5.41, 5.74) is 7.21. The molecule has 0 bridgehead atoms. The molecule has 0 radical (unpaired) electrons. The van der Waals surface area contributed by atoms with Crippen molar-refractivity contribution in [3.63, 3.8) is 0 Å². The summed E-state index contributed by atoms with van der Waals surface area (Å²) in [5, 5.41) is 23.0. The first-order valence-electron chi connectivity index (χ1n) is 12.0. The van der Waals surface area contributed by atoms with E-state index >= 15 is 0 Å². The topological polar surface area (TPSA) is 200 Å². The summed E-state index contributed by atoms with van der Waals surface area (Å²) in [6.07, 6.45) is 1.43. The van der Waals surface area contributed by atoms with Gasteiger partial charge in [0.2, 0.25) is 0 Å². The Hall–Kier alpha value is -4.55. The normalized spacial score (nSPS) is 11.0. The number of hydrogen-bond acceptors (Lipinski definition) is 6. The number of aromatic carboxylic acids is 1. The predicted molar refractivity (Wildman–Crippen MR) is 154 cm³/mol. The monoisotopic (exact) mass is 568 g/mol. The quantitative estimate of drug-likeness (QED) is 0.133. The van der Waals surface area contributed by atoms with Gasteiger partial charge in [-0.25, -0.2) is 4.79 Å². The maximum Gasteiger partial charge on any atom is 0.336 e. The Balaban J connectivity index is 0.00000103. The van der Waals surface area contributed by atoms with Crippen molar-refractivity contribution in [3.05, 3.63) is 89.0 Å². The van der Waals surface area contributed by atoms with E-state index in [-0.39, 0.29) is 28.4 Å². The van der Waals surface area contributed by atoms with Gasteiger partial charge in [0.05, 0.1) is 11.8 Å². The smallest absolute Gasteiger partial charge is 0.336 e. The second-order valence-electron chi connectivity index (χ2n) is 9.48. The fourth-order valence-electron chi connectivity index (χ4n) is 3.41. The number of benzene rings is 3. The fraction of sp³-hybridized carbons (Fsp3) is 0.214. The molecule has 0 atom stereocenters. The van der Waals surface area contributed by atoms with Crippen LogP contribution in [0.4, 0.5) is 5.69 Å². The molecular formula is C28H32N4O7S. The molecular weight excluding hydrogens is 536 g/mol. The van der Waals surface area contributed by atoms with Gasteiger partial charge in [0.15, 0.2) is 0 Å². The number of carboxylic acid groups (broad SMARTS) is 1. The maximum absolute atomic E-state index is 13.1. The number of carbonyl (C=O) groups excluding carboxylic acids is 2. The van der Waals surface area contributed by atoms with Crippen LogP contribution in [0.2, 0.25) is 0 Å². The van der Waals surface area contributed by atoms with Crippen LogP contribution in [0.1, 0.15) is 63.8 Å². The SMILES string of the molecule is CCC(C)(C)NC(=O)c1ccc(-c2ccccc2C(=O)Nc2ccc(C(=N)N)cc2)c(C(=O)O)c1.CS(=O)(=O)O. The lowest BCUT2D eigenvalue weighted by atomic mass is 9.93. The number of carbonyl (C=O) groups is 3. The Kier molecular flexibility index (Phi) is 10.3. The van der Waals surface area contributed by atoms with Gasteiger partial charge in [-0.3, -0.25) is 19.6 Å². The second-order valence-corrected chi connectivity index (χ2v) is 10.9. The summed E-state index contributed by atoms with van der Waals surface area (Å²) >= 11 is 0. The van der Waals surface area contributed by atoms with Crippen LogP contribution in [-0.2, 0) is 10.1 Å². The molecule has 3 rings (SSSR count). The summed E-state index contributed by atoms with van der Waals surface area (Å²) in [4.78, 5) is 37.9. The Bertz CT molecular complexity index is 1520. The third-order valence-electron chi connectivity index (χ3n) is 5.76. The molecule has 0 aromatic heterocycles. The van der Waals surface area contributed by atoms with E-state index in [0.717, 1.165) is 0 Å². The number of carboxylic acids is 1. The van der Waals surface area contributed by atoms with E-state index in [2.05, 4.69) is 10.6 Å². The molecule has 2 amide bonds. The van der Waals surface area contributed by atoms with Crippen LogP contribution >= 0.6 is 0 Å². The van der Waals surface area contributed by atoms with Crippen LogP contribution in [0.15, 0.2) is 66.7 Å². The zero-order valence-corrected chi connectivity index (χ0v) is 23.3. The Labute approximate surface area is 232 Å². The van der Waals surface area contributed by atoms with Gasteiger partial charge in [0.1, 0.15) is 5.84 Å². The van der Waals surface area contributed by atoms with Crippen molar-refractivity contribution in [1.82, 2.24) is 5.32 Å². The first-order valence-corrected chi connectivity index (χ1v) is 13.8. The van der Waals surface area contributed by atoms with Crippen molar-refractivity contribution in [2.24, 2.45) is 5.73 Å². The zero-order valence-electron chi connectivity index (χ0n) is 22.5. The zero-order chi connectivity index (χ0) is 30.3. The van der Waals surface area contributed by atoms with E-state index in [1.807, 2.05) is 20.8 Å². The number of nitrogen functional groups attached to an aromatic ring is 1. The highest BCUT2D eigenvalue weighted by Crippen LogP contribution is 2.29. The first kappa shape index (κ1) is 31.7. The van der Waals surface area contributed by atoms with Gasteiger partial charge < -0.3 is 21.5 Å². The number of rotatable bonds is 8. The molecule has 0 saturated heterocycles. The van der Waals surface area contributed by atoms with Crippen molar-refractivity contribution in [2.75, 3.05) is 11.6 Å². The lowest BCUT2D eigenvalue weighted by Crippen LogP contribution is -2.42. The number of nitrogens with two attached hydrogens (primary N) is 1. The van der Waals surface area contributed by atoms with E-state index in [9.17, 15) is 27.9 Å². The van der Waals surface area contributed by atoms with Gasteiger partial charge in [-0.2, -0.15) is 8.42 Å². The summed E-state index contributed by atoms with van der Waals surface area (Å²) in [6.45, 7) is 5.73. The third-order valence-corrected chi connectivity index (χ3v) is 5.76. The second kappa shape index (κ2) is 13.0. The van der Waals surface area contributed by atoms with E-state index < -0.39 is 27.5 Å². The molecule has 0 aliphatic carbocycles. The summed E-state index contributed by atoms with van der Waals surface area (Å²) < 4.78 is 25.9. The lowest BCUT2D eigenvalue weighted by Gasteiger charge is -2.24. The van der Waals surface area contributed by atoms with E-state index in [4.69, 9.17) is 15.7 Å². The molecule has 0 aliphatic rings. The molecule has 0 aliphatic heterocycles. The van der Waals surface area contributed by atoms with Gasteiger partial charge in [0, 0.05) is 27.9 Å². The largest absolute Gasteiger partial charge is 0.478 e. The van der Waals surface area contributed by atoms with Crippen LogP contribution in [0, 0.1) is 5.41 Å². The van der Waals surface area contributed by atoms with Gasteiger partial charge in [-0.05, 0) is 73.9 Å². The molecule has 212 valence electrons. The Morgan fingerprint density at radius 1 is 0.900 bits per heavy atom. The minimum absolute atomic E-state index is 0.0789. The number of amidine groups is 1. The van der Waals surface area contributed by atoms with Crippen molar-refractivity contribution >= 4 is 39.4 Å². The number of amides is 2. The van der Waals surface area contributed by atoms with E-state index in [0.29, 0.717) is 35.1 Å². The first-order chi connectivity index (χ1) is 18.5. The van der Waals surface area contributed by atoms with Gasteiger partial charge in [0.25, 0.3) is 21.9 Å². The maximum atomic E-state index is 13.1. The summed E-state index contributed by atoms with van der Waals surface area (Å²) in [7, 11) is -3.67. The van der Waals surface area contributed by atoms with Crippen LogP contribution in [0.5, 0.6) is 0 Å². The molecule has 0 fully saturated rings. The van der Waals surface area contributed by atoms with Gasteiger partial charge in [-0.15, -0.1) is 0 Å². The van der Waals surface area contributed by atoms with Crippen molar-refractivity contribution in [3.8, 4) is 11.1 Å². The standard InChI is InChI=1S/C27H28N4O4.CH4O3S/c1-4-27(2,3)31-24(32)17-11-14-20(22(15-17)26(34)35)19-7-5-6-8-21(19)25(33)30-18-12-9-16(10-13-18)23(28)29;1-5(2,3)4/h5-15H,4H2,1-3H3,(H3,28,29)(H,30,33)(H,31,32)(H,34,35);1H3,(H,2,3,4). The predicted octanol–water partition coefficient (Wildman–Crippen LogP) is 4.01. The van der Waals surface area contributed by atoms with Crippen LogP contribution in [-0.4, -0.2) is 53.5 Å². The molecule has 40 heavy (non-hydrogen) atoms. The molecule has 12 heteroatoms. The molecule has 3 aromatic carbocycles. The van der Waals surface area contributed by atoms with Gasteiger partial charge in [-0.1, -0.05) is 31.2 Å². The van der Waals surface area contributed by atoms with Gasteiger partial charge >= 0.3 is 5.97 Å². The molecule has 0 spiro atoms. The Morgan fingerprint density at radius 2 is 1.43 bits per heavy atom. The number of hydrogen-bond donors (Lipinski definition) is 6. The molecule has 0 heterocycles. The van der Waals surface area contributed by atoms with Crippen molar-refractivity contribution in [1.29, 1.82) is 5.41 Å². The minimum Gasteiger partial charge on any atom is -0.478 e. The van der Waals surface area contributed by atoms with Crippen molar-refractivity contribution < 1.29 is 32.5 Å². The number of nitrogens with one attached hydrogen (secondary N) is 3. The van der Waals surface area contributed by atoms with E-state index in [1.165, 1.54) is 6.07 Å². The summed E-state index contributed by atoms with van der Waals surface area (Å²) in [6, 6.07) is 17.6. The third kappa shape index (κ3) is 9.33. The molecule has 3 aromatic rings. The number of anilines is 1. The van der Waals surface area contributed by atoms with Crippen molar-refractivity contribution in [2.45, 2.75) is 32.7 Å². The molecule has 0 unspecified atom stereocenters. The van der Waals surface area contributed by atoms with Crippen LogP contribution in [0.3, 0.4) is 0 Å². The van der Waals surface area contributed by atoms with E-state index in [1.54, 1.807) is 60.7 Å². The molecule has 11 nitrogen and oxygen atoms in total. The average Bonchev–Trinajstić information content (AvgIpc) is 2.87. The van der Waals surface area contributed by atoms with Crippen LogP contribution < -0.4 is 16.4 Å². The highest BCUT2D eigenvalue weighted by Gasteiger charge is 2.23. The highest BCUT2D eigenvalue weighted by atomic mass is 32.2. The Morgan fingerprint density at radius 3 is 1.95 bits per heavy atom. The summed E-state index contributed by atoms with van der Waals surface area (Å²) in [5.74, 6) is -2.09. The molecule has 7 N–H and O–H groups in total. The highest BCUT2D eigenvalue weighted by molar-refractivity contribution is 7.85. The average molecular weight is 569 g/mol. The fourth-order valence-corrected chi connectivity index (χ4v) is 3.41. The lowest BCUT2D eigenvalue weighted by molar-refractivity contribution is 0.0697. The molecule has 0 saturated carbocycles. The van der Waals surface area contributed by atoms with Crippen LogP contribution in [0.25, 0.3) is 11.1 Å².